The molecule has 0 bridgehead atoms. The second-order valence-corrected chi connectivity index (χ2v) is 6.41. The molecule has 1 aliphatic rings. The van der Waals surface area contributed by atoms with E-state index in [-0.39, 0.29) is 6.10 Å². The van der Waals surface area contributed by atoms with Crippen molar-refractivity contribution >= 4 is 5.69 Å². The molecule has 0 radical (unpaired) electrons. The van der Waals surface area contributed by atoms with Gasteiger partial charge in [-0.05, 0) is 36.7 Å². The highest BCUT2D eigenvalue weighted by Gasteiger charge is 2.20. The highest BCUT2D eigenvalue weighted by Crippen LogP contribution is 2.30. The topological polar surface area (TPSA) is 76.9 Å². The minimum atomic E-state index is 0.0664. The van der Waals surface area contributed by atoms with Crippen LogP contribution in [-0.4, -0.2) is 45.5 Å². The first-order valence-electron chi connectivity index (χ1n) is 8.77. The summed E-state index contributed by atoms with van der Waals surface area (Å²) in [7, 11) is 1.91. The van der Waals surface area contributed by atoms with Gasteiger partial charge in [-0.1, -0.05) is 0 Å². The summed E-state index contributed by atoms with van der Waals surface area (Å²) in [5.41, 5.74) is 4.29. The maximum absolute atomic E-state index is 6.01. The van der Waals surface area contributed by atoms with E-state index in [1.807, 2.05) is 50.2 Å². The summed E-state index contributed by atoms with van der Waals surface area (Å²) in [5.74, 6) is 0.657. The molecular formula is C19H22N6O. The largest absolute Gasteiger partial charge is 0.470 e. The SMILES string of the molecule is Cn1cc(-c2cnc3c(c2)NCC(CNCCc2ccncc2)O3)cn1. The number of hydrogen-bond acceptors (Lipinski definition) is 6. The number of hydrogen-bond donors (Lipinski definition) is 2. The van der Waals surface area contributed by atoms with E-state index < -0.39 is 0 Å². The van der Waals surface area contributed by atoms with Crippen molar-refractivity contribution in [3.63, 3.8) is 0 Å². The van der Waals surface area contributed by atoms with Crippen molar-refractivity contribution in [2.45, 2.75) is 12.5 Å². The first-order chi connectivity index (χ1) is 12.8. The Morgan fingerprint density at radius 2 is 2.15 bits per heavy atom. The van der Waals surface area contributed by atoms with E-state index in [2.05, 4.69) is 31.8 Å². The van der Waals surface area contributed by atoms with Crippen molar-refractivity contribution in [3.05, 3.63) is 54.7 Å². The van der Waals surface area contributed by atoms with Gasteiger partial charge >= 0.3 is 0 Å². The third kappa shape index (κ3) is 3.83. The van der Waals surface area contributed by atoms with Crippen LogP contribution in [0.3, 0.4) is 0 Å². The van der Waals surface area contributed by atoms with Crippen molar-refractivity contribution in [1.29, 1.82) is 0 Å². The van der Waals surface area contributed by atoms with Crippen LogP contribution in [0.25, 0.3) is 11.1 Å². The first-order valence-corrected chi connectivity index (χ1v) is 8.77. The molecule has 1 unspecified atom stereocenters. The quantitative estimate of drug-likeness (QED) is 0.661. The second-order valence-electron chi connectivity index (χ2n) is 6.41. The molecule has 0 fully saturated rings. The van der Waals surface area contributed by atoms with Gasteiger partial charge in [-0.3, -0.25) is 9.67 Å². The number of aryl methyl sites for hydroxylation is 1. The van der Waals surface area contributed by atoms with Crippen LogP contribution >= 0.6 is 0 Å². The summed E-state index contributed by atoms with van der Waals surface area (Å²) >= 11 is 0. The van der Waals surface area contributed by atoms with E-state index in [9.17, 15) is 0 Å². The minimum Gasteiger partial charge on any atom is -0.470 e. The van der Waals surface area contributed by atoms with Gasteiger partial charge in [0.05, 0.1) is 18.4 Å². The summed E-state index contributed by atoms with van der Waals surface area (Å²) in [5, 5.41) is 11.1. The van der Waals surface area contributed by atoms with Crippen LogP contribution in [0.4, 0.5) is 5.69 Å². The molecule has 0 saturated carbocycles. The van der Waals surface area contributed by atoms with E-state index in [1.54, 1.807) is 4.68 Å². The normalized spacial score (nSPS) is 15.8. The molecule has 0 spiro atoms. The molecule has 0 amide bonds. The average molecular weight is 350 g/mol. The van der Waals surface area contributed by atoms with Crippen molar-refractivity contribution < 1.29 is 4.74 Å². The van der Waals surface area contributed by atoms with Crippen molar-refractivity contribution in [2.75, 3.05) is 25.0 Å². The molecule has 134 valence electrons. The summed E-state index contributed by atoms with van der Waals surface area (Å²) in [6, 6.07) is 6.15. The van der Waals surface area contributed by atoms with Crippen LogP contribution in [-0.2, 0) is 13.5 Å². The molecular weight excluding hydrogens is 328 g/mol. The van der Waals surface area contributed by atoms with E-state index in [0.29, 0.717) is 5.88 Å². The Bertz CT molecular complexity index is 863. The van der Waals surface area contributed by atoms with Gasteiger partial charge in [-0.25, -0.2) is 4.98 Å². The standard InChI is InChI=1S/C19H22N6O/c1-25-13-16(10-24-25)15-8-18-19(23-9-15)26-17(12-22-18)11-21-7-4-14-2-5-20-6-3-14/h2-3,5-6,8-10,13,17,21-22H,4,7,11-12H2,1H3. The highest BCUT2D eigenvalue weighted by atomic mass is 16.5. The van der Waals surface area contributed by atoms with E-state index in [0.717, 1.165) is 42.9 Å². The number of ether oxygens (including phenoxy) is 1. The maximum Gasteiger partial charge on any atom is 0.237 e. The van der Waals surface area contributed by atoms with Gasteiger partial charge in [-0.15, -0.1) is 0 Å². The van der Waals surface area contributed by atoms with Crippen LogP contribution in [0.15, 0.2) is 49.2 Å². The molecule has 7 heteroatoms. The lowest BCUT2D eigenvalue weighted by Crippen LogP contribution is -2.40. The van der Waals surface area contributed by atoms with Gasteiger partial charge in [0.2, 0.25) is 5.88 Å². The number of rotatable bonds is 6. The number of aromatic nitrogens is 4. The van der Waals surface area contributed by atoms with E-state index in [4.69, 9.17) is 4.74 Å². The van der Waals surface area contributed by atoms with Crippen molar-refractivity contribution in [2.24, 2.45) is 7.05 Å². The lowest BCUT2D eigenvalue weighted by atomic mass is 10.1. The number of fused-ring (bicyclic) bond motifs is 1. The van der Waals surface area contributed by atoms with E-state index in [1.165, 1.54) is 5.56 Å². The molecule has 3 aromatic heterocycles. The first kappa shape index (κ1) is 16.5. The van der Waals surface area contributed by atoms with Gasteiger partial charge in [-0.2, -0.15) is 5.10 Å². The van der Waals surface area contributed by atoms with Gasteiger partial charge in [0, 0.05) is 49.5 Å². The number of anilines is 1. The predicted molar refractivity (Wildman–Crippen MR) is 100 cm³/mol. The van der Waals surface area contributed by atoms with Crippen molar-refractivity contribution in [3.8, 4) is 17.0 Å². The van der Waals surface area contributed by atoms with Crippen molar-refractivity contribution in [1.82, 2.24) is 25.1 Å². The zero-order valence-corrected chi connectivity index (χ0v) is 14.7. The molecule has 26 heavy (non-hydrogen) atoms. The molecule has 1 atom stereocenters. The molecule has 4 rings (SSSR count). The van der Waals surface area contributed by atoms with E-state index >= 15 is 0 Å². The Labute approximate surface area is 152 Å². The Morgan fingerprint density at radius 3 is 2.96 bits per heavy atom. The molecule has 3 aromatic rings. The second kappa shape index (κ2) is 7.53. The molecule has 0 saturated heterocycles. The summed E-state index contributed by atoms with van der Waals surface area (Å²) < 4.78 is 7.80. The minimum absolute atomic E-state index is 0.0664. The lowest BCUT2D eigenvalue weighted by Gasteiger charge is -2.27. The molecule has 2 N–H and O–H groups in total. The van der Waals surface area contributed by atoms with Gasteiger partial charge < -0.3 is 15.4 Å². The molecule has 0 aliphatic carbocycles. The predicted octanol–water partition coefficient (Wildman–Crippen LogP) is 1.88. The third-order valence-corrected chi connectivity index (χ3v) is 4.40. The average Bonchev–Trinajstić information content (AvgIpc) is 3.12. The molecule has 1 aliphatic heterocycles. The van der Waals surface area contributed by atoms with Gasteiger partial charge in [0.25, 0.3) is 0 Å². The smallest absolute Gasteiger partial charge is 0.237 e. The van der Waals surface area contributed by atoms with Gasteiger partial charge in [0.1, 0.15) is 6.10 Å². The summed E-state index contributed by atoms with van der Waals surface area (Å²) in [6.45, 7) is 2.45. The fraction of sp³-hybridized carbons (Fsp3) is 0.316. The fourth-order valence-electron chi connectivity index (χ4n) is 2.98. The Balaban J connectivity index is 1.30. The summed E-state index contributed by atoms with van der Waals surface area (Å²) in [4.78, 5) is 8.51. The number of pyridine rings is 2. The van der Waals surface area contributed by atoms with Crippen LogP contribution < -0.4 is 15.4 Å². The third-order valence-electron chi connectivity index (χ3n) is 4.40. The van der Waals surface area contributed by atoms with Crippen LogP contribution in [0, 0.1) is 0 Å². The fourth-order valence-corrected chi connectivity index (χ4v) is 2.98. The van der Waals surface area contributed by atoms with Crippen LogP contribution in [0.1, 0.15) is 5.56 Å². The Morgan fingerprint density at radius 1 is 1.27 bits per heavy atom. The summed E-state index contributed by atoms with van der Waals surface area (Å²) in [6.07, 6.45) is 10.3. The molecule has 4 heterocycles. The maximum atomic E-state index is 6.01. The van der Waals surface area contributed by atoms with Gasteiger partial charge in [0.15, 0.2) is 0 Å². The van der Waals surface area contributed by atoms with Crippen LogP contribution in [0.5, 0.6) is 5.88 Å². The number of nitrogens with one attached hydrogen (secondary N) is 2. The Hall–Kier alpha value is -2.93. The molecule has 0 aromatic carbocycles. The monoisotopic (exact) mass is 350 g/mol. The highest BCUT2D eigenvalue weighted by molar-refractivity contribution is 5.69. The Kier molecular flexibility index (Phi) is 4.79. The molecule has 7 nitrogen and oxygen atoms in total. The zero-order chi connectivity index (χ0) is 17.8. The zero-order valence-electron chi connectivity index (χ0n) is 14.7. The lowest BCUT2D eigenvalue weighted by molar-refractivity contribution is 0.194. The van der Waals surface area contributed by atoms with Crippen LogP contribution in [0.2, 0.25) is 0 Å². The number of nitrogens with zero attached hydrogens (tertiary/aromatic N) is 4.